The first kappa shape index (κ1) is 16.9. The Morgan fingerprint density at radius 3 is 2.82 bits per heavy atom. The van der Waals surface area contributed by atoms with Gasteiger partial charge < -0.3 is 10.1 Å². The van der Waals surface area contributed by atoms with E-state index in [4.69, 9.17) is 17.0 Å². The van der Waals surface area contributed by atoms with Crippen LogP contribution in [0.3, 0.4) is 0 Å². The Balaban J connectivity index is 2.00. The molecule has 1 aromatic carbocycles. The lowest BCUT2D eigenvalue weighted by molar-refractivity contribution is 0.0977. The molecule has 2 N–H and O–H groups in total. The van der Waals surface area contributed by atoms with Gasteiger partial charge in [-0.3, -0.25) is 10.1 Å². The summed E-state index contributed by atoms with van der Waals surface area (Å²) in [5.41, 5.74) is 0.478. The van der Waals surface area contributed by atoms with Crippen LogP contribution in [0.25, 0.3) is 0 Å². The van der Waals surface area contributed by atoms with Crippen molar-refractivity contribution in [3.63, 3.8) is 0 Å². The molecular weight excluding hydrogens is 386 g/mol. The van der Waals surface area contributed by atoms with Crippen LogP contribution in [0.15, 0.2) is 34.2 Å². The Morgan fingerprint density at radius 2 is 2.23 bits per heavy atom. The lowest BCUT2D eigenvalue weighted by Crippen LogP contribution is -2.34. The Bertz CT molecular complexity index is 675. The van der Waals surface area contributed by atoms with Gasteiger partial charge in [0.25, 0.3) is 5.91 Å². The number of hydrogen-bond acceptors (Lipinski definition) is 5. The van der Waals surface area contributed by atoms with E-state index in [1.54, 1.807) is 24.4 Å². The van der Waals surface area contributed by atoms with Gasteiger partial charge in [-0.1, -0.05) is 0 Å². The number of anilines is 1. The number of halogens is 1. The van der Waals surface area contributed by atoms with E-state index < -0.39 is 0 Å². The van der Waals surface area contributed by atoms with E-state index in [9.17, 15) is 4.79 Å². The Hall–Kier alpha value is -1.51. The molecule has 0 aliphatic heterocycles. The Morgan fingerprint density at radius 1 is 1.45 bits per heavy atom. The normalized spacial score (nSPS) is 10.4. The van der Waals surface area contributed by atoms with Crippen molar-refractivity contribution in [1.29, 1.82) is 0 Å². The van der Waals surface area contributed by atoms with E-state index in [1.165, 1.54) is 11.3 Å². The second kappa shape index (κ2) is 7.66. The number of nitrogens with zero attached hydrogens (tertiary/aromatic N) is 1. The zero-order valence-electron chi connectivity index (χ0n) is 11.9. The third kappa shape index (κ3) is 4.75. The number of carbonyl (C=O) groups is 1. The van der Waals surface area contributed by atoms with Crippen molar-refractivity contribution in [1.82, 2.24) is 10.3 Å². The summed E-state index contributed by atoms with van der Waals surface area (Å²) in [5.74, 6) is 0.390. The fraction of sp³-hybridized carbons (Fsp3) is 0.214. The number of nitrogens with one attached hydrogen (secondary N) is 2. The van der Waals surface area contributed by atoms with Crippen LogP contribution in [-0.2, 0) is 0 Å². The minimum Gasteiger partial charge on any atom is -0.490 e. The van der Waals surface area contributed by atoms with Gasteiger partial charge in [0, 0.05) is 17.1 Å². The molecule has 0 aliphatic carbocycles. The predicted molar refractivity (Wildman–Crippen MR) is 95.7 cm³/mol. The molecule has 1 heterocycles. The lowest BCUT2D eigenvalue weighted by atomic mass is 10.2. The van der Waals surface area contributed by atoms with Gasteiger partial charge in [0.1, 0.15) is 5.75 Å². The van der Waals surface area contributed by atoms with Crippen molar-refractivity contribution >= 4 is 55.6 Å². The third-order valence-electron chi connectivity index (χ3n) is 2.44. The molecule has 0 radical (unpaired) electrons. The molecular formula is C14H14BrN3O2S2. The van der Waals surface area contributed by atoms with Crippen LogP contribution in [0.4, 0.5) is 5.13 Å². The van der Waals surface area contributed by atoms with E-state index in [1.807, 2.05) is 19.2 Å². The van der Waals surface area contributed by atoms with Gasteiger partial charge in [-0.2, -0.15) is 0 Å². The number of hydrogen-bond donors (Lipinski definition) is 2. The second-order valence-corrected chi connectivity index (χ2v) is 6.71. The lowest BCUT2D eigenvalue weighted by Gasteiger charge is -2.12. The molecule has 0 unspecified atom stereocenters. The summed E-state index contributed by atoms with van der Waals surface area (Å²) in [7, 11) is 0. The first-order valence-electron chi connectivity index (χ1n) is 6.43. The Kier molecular flexibility index (Phi) is 5.87. The van der Waals surface area contributed by atoms with Crippen molar-refractivity contribution in [3.05, 3.63) is 39.8 Å². The van der Waals surface area contributed by atoms with Gasteiger partial charge in [0.15, 0.2) is 10.2 Å². The fourth-order valence-corrected chi connectivity index (χ4v) is 2.84. The molecule has 1 aromatic heterocycles. The molecule has 0 bridgehead atoms. The number of benzene rings is 1. The summed E-state index contributed by atoms with van der Waals surface area (Å²) in [5, 5.41) is 8.11. The molecule has 8 heteroatoms. The van der Waals surface area contributed by atoms with E-state index in [2.05, 4.69) is 31.5 Å². The molecule has 0 aliphatic rings. The molecule has 5 nitrogen and oxygen atoms in total. The summed E-state index contributed by atoms with van der Waals surface area (Å²) in [6.45, 7) is 3.88. The van der Waals surface area contributed by atoms with Crippen molar-refractivity contribution in [2.75, 3.05) is 5.32 Å². The van der Waals surface area contributed by atoms with Gasteiger partial charge in [0.2, 0.25) is 0 Å². The standard InChI is InChI=1S/C14H14BrN3O2S2/c1-8(2)20-11-4-3-9(7-10(11)15)12(19)17-13(21)18-14-16-5-6-22-14/h3-8H,1-2H3,(H2,16,17,18,19,21). The number of amides is 1. The number of carbonyl (C=O) groups excluding carboxylic acids is 1. The van der Waals surface area contributed by atoms with Crippen LogP contribution in [0.2, 0.25) is 0 Å². The molecule has 0 atom stereocenters. The summed E-state index contributed by atoms with van der Waals surface area (Å²) in [6, 6.07) is 5.12. The molecule has 2 rings (SSSR count). The molecule has 0 saturated heterocycles. The largest absolute Gasteiger partial charge is 0.490 e. The summed E-state index contributed by atoms with van der Waals surface area (Å²) < 4.78 is 6.32. The van der Waals surface area contributed by atoms with Crippen molar-refractivity contribution in [2.24, 2.45) is 0 Å². The maximum absolute atomic E-state index is 12.2. The monoisotopic (exact) mass is 399 g/mol. The minimum atomic E-state index is -0.300. The van der Waals surface area contributed by atoms with E-state index >= 15 is 0 Å². The molecule has 116 valence electrons. The molecule has 22 heavy (non-hydrogen) atoms. The van der Waals surface area contributed by atoms with E-state index in [-0.39, 0.29) is 17.1 Å². The van der Waals surface area contributed by atoms with Gasteiger partial charge >= 0.3 is 0 Å². The Labute approximate surface area is 146 Å². The van der Waals surface area contributed by atoms with Crippen LogP contribution in [0, 0.1) is 0 Å². The third-order valence-corrected chi connectivity index (χ3v) is 3.95. The highest BCUT2D eigenvalue weighted by atomic mass is 79.9. The van der Waals surface area contributed by atoms with Gasteiger partial charge in [-0.05, 0) is 60.2 Å². The number of thiocarbonyl (C=S) groups is 1. The highest BCUT2D eigenvalue weighted by Crippen LogP contribution is 2.26. The maximum atomic E-state index is 12.2. The van der Waals surface area contributed by atoms with Crippen molar-refractivity contribution in [3.8, 4) is 5.75 Å². The van der Waals surface area contributed by atoms with Gasteiger partial charge in [0.05, 0.1) is 10.6 Å². The number of rotatable bonds is 4. The van der Waals surface area contributed by atoms with Crippen LogP contribution in [0.1, 0.15) is 24.2 Å². The first-order valence-corrected chi connectivity index (χ1v) is 8.52. The summed E-state index contributed by atoms with van der Waals surface area (Å²) in [6.07, 6.45) is 1.72. The quantitative estimate of drug-likeness (QED) is 0.764. The topological polar surface area (TPSA) is 63.2 Å². The van der Waals surface area contributed by atoms with Crippen molar-refractivity contribution in [2.45, 2.75) is 20.0 Å². The average molecular weight is 400 g/mol. The smallest absolute Gasteiger partial charge is 0.257 e. The molecule has 0 saturated carbocycles. The van der Waals surface area contributed by atoms with Crippen LogP contribution >= 0.6 is 39.5 Å². The number of thiazole rings is 1. The van der Waals surface area contributed by atoms with E-state index in [0.717, 1.165) is 0 Å². The molecule has 1 amide bonds. The van der Waals surface area contributed by atoms with Crippen molar-refractivity contribution < 1.29 is 9.53 Å². The molecule has 2 aromatic rings. The fourth-order valence-electron chi connectivity index (χ4n) is 1.58. The second-order valence-electron chi connectivity index (χ2n) is 4.56. The zero-order chi connectivity index (χ0) is 16.1. The first-order chi connectivity index (χ1) is 10.5. The van der Waals surface area contributed by atoms with E-state index in [0.29, 0.717) is 20.9 Å². The highest BCUT2D eigenvalue weighted by molar-refractivity contribution is 9.10. The summed E-state index contributed by atoms with van der Waals surface area (Å²) in [4.78, 5) is 16.2. The SMILES string of the molecule is CC(C)Oc1ccc(C(=O)NC(=S)Nc2nccs2)cc1Br. The van der Waals surface area contributed by atoms with Gasteiger partial charge in [-0.25, -0.2) is 4.98 Å². The average Bonchev–Trinajstić information content (AvgIpc) is 2.93. The number of aromatic nitrogens is 1. The highest BCUT2D eigenvalue weighted by Gasteiger charge is 2.12. The van der Waals surface area contributed by atoms with Crippen LogP contribution in [-0.4, -0.2) is 22.1 Å². The number of ether oxygens (including phenoxy) is 1. The zero-order valence-corrected chi connectivity index (χ0v) is 15.1. The summed E-state index contributed by atoms with van der Waals surface area (Å²) >= 11 is 9.88. The molecule has 0 fully saturated rings. The van der Waals surface area contributed by atoms with Gasteiger partial charge in [-0.15, -0.1) is 11.3 Å². The predicted octanol–water partition coefficient (Wildman–Crippen LogP) is 3.82. The maximum Gasteiger partial charge on any atom is 0.257 e. The molecule has 0 spiro atoms. The minimum absolute atomic E-state index is 0.0612. The van der Waals surface area contributed by atoms with Crippen LogP contribution < -0.4 is 15.4 Å². The van der Waals surface area contributed by atoms with Crippen LogP contribution in [0.5, 0.6) is 5.75 Å².